The lowest BCUT2D eigenvalue weighted by molar-refractivity contribution is -0.122. The molecule has 0 saturated carbocycles. The molecule has 0 aliphatic carbocycles. The van der Waals surface area contributed by atoms with Gasteiger partial charge in [0.25, 0.3) is 0 Å². The van der Waals surface area contributed by atoms with E-state index in [1.807, 2.05) is 11.8 Å². The minimum absolute atomic E-state index is 0.172. The zero-order chi connectivity index (χ0) is 15.1. The molecule has 0 aliphatic rings. The van der Waals surface area contributed by atoms with Gasteiger partial charge in [0.1, 0.15) is 5.82 Å². The van der Waals surface area contributed by atoms with Crippen LogP contribution in [-0.4, -0.2) is 44.5 Å². The SMILES string of the molecule is CCN(CC(=O)NCc1ccccc1F)Cc1nn[nH]n1. The summed E-state index contributed by atoms with van der Waals surface area (Å²) in [5.74, 6) is 0.0271. The lowest BCUT2D eigenvalue weighted by atomic mass is 10.2. The van der Waals surface area contributed by atoms with Gasteiger partial charge in [0.15, 0.2) is 5.82 Å². The Hall–Kier alpha value is -2.35. The van der Waals surface area contributed by atoms with Gasteiger partial charge in [0.2, 0.25) is 5.91 Å². The van der Waals surface area contributed by atoms with Crippen molar-refractivity contribution in [2.45, 2.75) is 20.0 Å². The minimum Gasteiger partial charge on any atom is -0.351 e. The van der Waals surface area contributed by atoms with Crippen LogP contribution >= 0.6 is 0 Å². The molecule has 0 fully saturated rings. The third-order valence-corrected chi connectivity index (χ3v) is 3.00. The second-order valence-corrected chi connectivity index (χ2v) is 4.50. The molecule has 0 spiro atoms. The van der Waals surface area contributed by atoms with Crippen molar-refractivity contribution in [3.63, 3.8) is 0 Å². The van der Waals surface area contributed by atoms with Gasteiger partial charge < -0.3 is 5.32 Å². The van der Waals surface area contributed by atoms with E-state index < -0.39 is 0 Å². The molecule has 2 rings (SSSR count). The van der Waals surface area contributed by atoms with Crippen LogP contribution in [0.15, 0.2) is 24.3 Å². The number of amides is 1. The standard InChI is InChI=1S/C13H17FN6O/c1-2-20(8-12-16-18-19-17-12)9-13(21)15-7-10-5-3-4-6-11(10)14/h3-6H,2,7-9H2,1H3,(H,15,21)(H,16,17,18,19). The van der Waals surface area contributed by atoms with E-state index in [1.54, 1.807) is 18.2 Å². The van der Waals surface area contributed by atoms with Crippen molar-refractivity contribution in [2.75, 3.05) is 13.1 Å². The number of carbonyl (C=O) groups excluding carboxylic acids is 1. The highest BCUT2D eigenvalue weighted by Crippen LogP contribution is 2.05. The van der Waals surface area contributed by atoms with Crippen molar-refractivity contribution in [2.24, 2.45) is 0 Å². The quantitative estimate of drug-likeness (QED) is 0.775. The maximum Gasteiger partial charge on any atom is 0.234 e. The zero-order valence-corrected chi connectivity index (χ0v) is 11.7. The van der Waals surface area contributed by atoms with Crippen LogP contribution in [0.4, 0.5) is 4.39 Å². The molecule has 7 nitrogen and oxygen atoms in total. The highest BCUT2D eigenvalue weighted by atomic mass is 19.1. The Kier molecular flexibility index (Phi) is 5.33. The van der Waals surface area contributed by atoms with Gasteiger partial charge in [0.05, 0.1) is 13.1 Å². The number of hydrogen-bond donors (Lipinski definition) is 2. The second-order valence-electron chi connectivity index (χ2n) is 4.50. The number of rotatable bonds is 7. The molecule has 0 aliphatic heterocycles. The van der Waals surface area contributed by atoms with Crippen LogP contribution in [0.3, 0.4) is 0 Å². The summed E-state index contributed by atoms with van der Waals surface area (Å²) >= 11 is 0. The molecule has 8 heteroatoms. The topological polar surface area (TPSA) is 86.8 Å². The van der Waals surface area contributed by atoms with Crippen molar-refractivity contribution < 1.29 is 9.18 Å². The molecule has 0 radical (unpaired) electrons. The van der Waals surface area contributed by atoms with Gasteiger partial charge in [-0.25, -0.2) is 4.39 Å². The van der Waals surface area contributed by atoms with Gasteiger partial charge in [0, 0.05) is 12.1 Å². The summed E-state index contributed by atoms with van der Waals surface area (Å²) in [5, 5.41) is 16.2. The number of halogens is 1. The smallest absolute Gasteiger partial charge is 0.234 e. The van der Waals surface area contributed by atoms with Crippen LogP contribution in [0.2, 0.25) is 0 Å². The van der Waals surface area contributed by atoms with Crippen molar-refractivity contribution in [3.05, 3.63) is 41.5 Å². The molecule has 0 bridgehead atoms. The molecule has 0 saturated heterocycles. The molecule has 21 heavy (non-hydrogen) atoms. The maximum atomic E-state index is 13.4. The lowest BCUT2D eigenvalue weighted by Gasteiger charge is -2.17. The molecule has 0 atom stereocenters. The fourth-order valence-electron chi connectivity index (χ4n) is 1.82. The van der Waals surface area contributed by atoms with Gasteiger partial charge in [-0.3, -0.25) is 9.69 Å². The van der Waals surface area contributed by atoms with Crippen LogP contribution in [0.5, 0.6) is 0 Å². The summed E-state index contributed by atoms with van der Waals surface area (Å²) in [6.07, 6.45) is 0. The van der Waals surface area contributed by atoms with E-state index in [1.165, 1.54) is 6.07 Å². The van der Waals surface area contributed by atoms with E-state index in [0.717, 1.165) is 0 Å². The van der Waals surface area contributed by atoms with Crippen LogP contribution in [-0.2, 0) is 17.9 Å². The highest BCUT2D eigenvalue weighted by molar-refractivity contribution is 5.78. The van der Waals surface area contributed by atoms with Crippen LogP contribution in [0, 0.1) is 5.82 Å². The first-order chi connectivity index (χ1) is 10.2. The molecule has 1 amide bonds. The first-order valence-corrected chi connectivity index (χ1v) is 6.63. The normalized spacial score (nSPS) is 10.8. The predicted molar refractivity (Wildman–Crippen MR) is 73.4 cm³/mol. The molecule has 2 aromatic rings. The maximum absolute atomic E-state index is 13.4. The van der Waals surface area contributed by atoms with Gasteiger partial charge in [-0.2, -0.15) is 5.21 Å². The van der Waals surface area contributed by atoms with Crippen LogP contribution in [0.1, 0.15) is 18.3 Å². The Morgan fingerprint density at radius 3 is 2.90 bits per heavy atom. The summed E-state index contributed by atoms with van der Waals surface area (Å²) < 4.78 is 13.4. The molecular weight excluding hydrogens is 275 g/mol. The van der Waals surface area contributed by atoms with E-state index in [9.17, 15) is 9.18 Å². The Morgan fingerprint density at radius 1 is 1.43 bits per heavy atom. The minimum atomic E-state index is -0.322. The zero-order valence-electron chi connectivity index (χ0n) is 11.7. The average molecular weight is 292 g/mol. The Labute approximate surface area is 121 Å². The van der Waals surface area contributed by atoms with E-state index in [4.69, 9.17) is 0 Å². The molecular formula is C13H17FN6O. The fourth-order valence-corrected chi connectivity index (χ4v) is 1.82. The Balaban J connectivity index is 1.81. The van der Waals surface area contributed by atoms with E-state index in [-0.39, 0.29) is 24.8 Å². The van der Waals surface area contributed by atoms with Crippen molar-refractivity contribution in [3.8, 4) is 0 Å². The molecule has 0 unspecified atom stereocenters. The summed E-state index contributed by atoms with van der Waals surface area (Å²) in [4.78, 5) is 13.7. The number of aromatic amines is 1. The van der Waals surface area contributed by atoms with Gasteiger partial charge in [-0.1, -0.05) is 30.3 Å². The van der Waals surface area contributed by atoms with Crippen molar-refractivity contribution >= 4 is 5.91 Å². The molecule has 1 aromatic heterocycles. The number of carbonyl (C=O) groups is 1. The summed E-state index contributed by atoms with van der Waals surface area (Å²) in [5.41, 5.74) is 0.465. The number of nitrogens with one attached hydrogen (secondary N) is 2. The largest absolute Gasteiger partial charge is 0.351 e. The van der Waals surface area contributed by atoms with Crippen LogP contribution < -0.4 is 5.32 Å². The lowest BCUT2D eigenvalue weighted by Crippen LogP contribution is -2.36. The fraction of sp³-hybridized carbons (Fsp3) is 0.385. The molecule has 112 valence electrons. The monoisotopic (exact) mass is 292 g/mol. The van der Waals surface area contributed by atoms with Gasteiger partial charge in [-0.05, 0) is 12.6 Å². The number of nitrogens with zero attached hydrogens (tertiary/aromatic N) is 4. The summed E-state index contributed by atoms with van der Waals surface area (Å²) in [6.45, 7) is 3.40. The van der Waals surface area contributed by atoms with E-state index >= 15 is 0 Å². The Bertz CT molecular complexity index is 574. The number of likely N-dealkylation sites (N-methyl/N-ethyl adjacent to an activating group) is 1. The highest BCUT2D eigenvalue weighted by Gasteiger charge is 2.12. The summed E-state index contributed by atoms with van der Waals surface area (Å²) in [7, 11) is 0. The van der Waals surface area contributed by atoms with Crippen molar-refractivity contribution in [1.82, 2.24) is 30.8 Å². The second kappa shape index (κ2) is 7.44. The van der Waals surface area contributed by atoms with Gasteiger partial charge >= 0.3 is 0 Å². The van der Waals surface area contributed by atoms with E-state index in [0.29, 0.717) is 24.5 Å². The third kappa shape index (κ3) is 4.60. The van der Waals surface area contributed by atoms with Gasteiger partial charge in [-0.15, -0.1) is 10.2 Å². The molecule has 1 aromatic carbocycles. The van der Waals surface area contributed by atoms with Crippen molar-refractivity contribution in [1.29, 1.82) is 0 Å². The van der Waals surface area contributed by atoms with Crippen LogP contribution in [0.25, 0.3) is 0 Å². The average Bonchev–Trinajstić information content (AvgIpc) is 2.98. The number of tetrazole rings is 1. The first-order valence-electron chi connectivity index (χ1n) is 6.63. The summed E-state index contributed by atoms with van der Waals surface area (Å²) in [6, 6.07) is 6.37. The first kappa shape index (κ1) is 15.0. The van der Waals surface area contributed by atoms with E-state index in [2.05, 4.69) is 25.9 Å². The molecule has 2 N–H and O–H groups in total. The number of H-pyrrole nitrogens is 1. The number of benzene rings is 1. The Morgan fingerprint density at radius 2 is 2.24 bits per heavy atom. The number of aromatic nitrogens is 4. The number of hydrogen-bond acceptors (Lipinski definition) is 5. The predicted octanol–water partition coefficient (Wildman–Crippen LogP) is 0.477. The molecule has 1 heterocycles. The third-order valence-electron chi connectivity index (χ3n) is 3.00.